The van der Waals surface area contributed by atoms with Crippen LogP contribution in [0.4, 0.5) is 0 Å². The van der Waals surface area contributed by atoms with Crippen molar-refractivity contribution >= 4 is 0 Å². The lowest BCUT2D eigenvalue weighted by Gasteiger charge is -2.21. The molecule has 0 bridgehead atoms. The lowest BCUT2D eigenvalue weighted by atomic mass is 10.2. The van der Waals surface area contributed by atoms with Crippen LogP contribution in [-0.2, 0) is 16.5 Å². The van der Waals surface area contributed by atoms with Gasteiger partial charge in [0.15, 0.2) is 0 Å². The molecule has 0 saturated carbocycles. The van der Waals surface area contributed by atoms with Crippen molar-refractivity contribution in [2.75, 3.05) is 13.7 Å². The summed E-state index contributed by atoms with van der Waals surface area (Å²) in [4.78, 5) is 0. The summed E-state index contributed by atoms with van der Waals surface area (Å²) in [5.41, 5.74) is 1.04. The van der Waals surface area contributed by atoms with Gasteiger partial charge in [-0.15, -0.1) is 10.3 Å². The largest absolute Gasteiger partial charge is 0.383 e. The van der Waals surface area contributed by atoms with E-state index in [1.807, 2.05) is 37.3 Å². The maximum Gasteiger partial charge on any atom is 0.0642 e. The Labute approximate surface area is 91.2 Å². The van der Waals surface area contributed by atoms with Crippen LogP contribution in [-0.4, -0.2) is 24.8 Å². The van der Waals surface area contributed by atoms with Gasteiger partial charge in [-0.3, -0.25) is 0 Å². The molecule has 1 radical (unpaired) electrons. The number of hydrogen-bond donors (Lipinski definition) is 0. The SMILES string of the molecule is CC[C@@H](COC)N([O])Cc1ccccc1. The molecule has 0 saturated heterocycles. The molecule has 1 rings (SSSR count). The Morgan fingerprint density at radius 3 is 2.53 bits per heavy atom. The summed E-state index contributed by atoms with van der Waals surface area (Å²) in [6.07, 6.45) is 0.810. The van der Waals surface area contributed by atoms with Crippen LogP contribution >= 0.6 is 0 Å². The van der Waals surface area contributed by atoms with E-state index in [0.717, 1.165) is 17.0 Å². The van der Waals surface area contributed by atoms with Crippen molar-refractivity contribution in [2.24, 2.45) is 0 Å². The molecule has 0 fully saturated rings. The number of hydrogen-bond acceptors (Lipinski definition) is 2. The fourth-order valence-electron chi connectivity index (χ4n) is 1.49. The van der Waals surface area contributed by atoms with Gasteiger partial charge >= 0.3 is 0 Å². The van der Waals surface area contributed by atoms with Crippen LogP contribution in [0.3, 0.4) is 0 Å². The molecule has 1 aromatic carbocycles. The molecular formula is C12H18NO2. The summed E-state index contributed by atoms with van der Waals surface area (Å²) < 4.78 is 5.01. The fourth-order valence-corrected chi connectivity index (χ4v) is 1.49. The molecule has 0 heterocycles. The molecule has 0 aliphatic rings. The maximum atomic E-state index is 11.8. The van der Waals surface area contributed by atoms with Gasteiger partial charge in [0, 0.05) is 7.11 Å². The van der Waals surface area contributed by atoms with E-state index in [1.54, 1.807) is 7.11 Å². The molecule has 15 heavy (non-hydrogen) atoms. The van der Waals surface area contributed by atoms with Gasteiger partial charge in [-0.05, 0) is 12.0 Å². The van der Waals surface area contributed by atoms with E-state index in [0.29, 0.717) is 13.2 Å². The first-order valence-corrected chi connectivity index (χ1v) is 5.24. The normalized spacial score (nSPS) is 13.1. The molecule has 0 aliphatic carbocycles. The smallest absolute Gasteiger partial charge is 0.0642 e. The number of benzene rings is 1. The Hall–Kier alpha value is -0.900. The molecule has 3 nitrogen and oxygen atoms in total. The molecule has 0 unspecified atom stereocenters. The van der Waals surface area contributed by atoms with Crippen LogP contribution < -0.4 is 0 Å². The summed E-state index contributed by atoms with van der Waals surface area (Å²) >= 11 is 0. The standard InChI is InChI=1S/C12H18NO2/c1-3-12(10-15-2)13(14)9-11-7-5-4-6-8-11/h4-8,12H,3,9-10H2,1-2H3/t12-/m0/s1. The Bertz CT molecular complexity index is 264. The van der Waals surface area contributed by atoms with Crippen molar-refractivity contribution in [1.29, 1.82) is 0 Å². The minimum atomic E-state index is -0.0461. The van der Waals surface area contributed by atoms with Gasteiger partial charge in [0.25, 0.3) is 0 Å². The molecule has 0 aliphatic heterocycles. The Morgan fingerprint density at radius 1 is 1.33 bits per heavy atom. The fraction of sp³-hybridized carbons (Fsp3) is 0.500. The Kier molecular flexibility index (Phi) is 5.32. The van der Waals surface area contributed by atoms with E-state index in [9.17, 15) is 5.21 Å². The lowest BCUT2D eigenvalue weighted by Crippen LogP contribution is -2.33. The second-order valence-electron chi connectivity index (χ2n) is 3.58. The maximum absolute atomic E-state index is 11.8. The number of nitrogens with zero attached hydrogens (tertiary/aromatic N) is 1. The van der Waals surface area contributed by atoms with E-state index in [4.69, 9.17) is 4.74 Å². The van der Waals surface area contributed by atoms with Gasteiger partial charge in [0.2, 0.25) is 0 Å². The third-order valence-electron chi connectivity index (χ3n) is 2.42. The Balaban J connectivity index is 2.50. The number of methoxy groups -OCH3 is 1. The van der Waals surface area contributed by atoms with Gasteiger partial charge in [-0.2, -0.15) is 0 Å². The second kappa shape index (κ2) is 6.56. The summed E-state index contributed by atoms with van der Waals surface area (Å²) in [6.45, 7) is 2.93. The third kappa shape index (κ3) is 4.00. The van der Waals surface area contributed by atoms with Gasteiger partial charge in [0.05, 0.1) is 19.2 Å². The zero-order valence-corrected chi connectivity index (χ0v) is 9.35. The molecule has 1 aromatic rings. The molecule has 0 spiro atoms. The first-order valence-electron chi connectivity index (χ1n) is 5.24. The summed E-state index contributed by atoms with van der Waals surface area (Å²) in [5.74, 6) is 0. The quantitative estimate of drug-likeness (QED) is 0.672. The minimum absolute atomic E-state index is 0.0461. The van der Waals surface area contributed by atoms with Crippen LogP contribution in [0.25, 0.3) is 0 Å². The van der Waals surface area contributed by atoms with E-state index >= 15 is 0 Å². The molecule has 83 valence electrons. The highest BCUT2D eigenvalue weighted by Crippen LogP contribution is 2.08. The third-order valence-corrected chi connectivity index (χ3v) is 2.42. The predicted molar refractivity (Wildman–Crippen MR) is 58.6 cm³/mol. The zero-order chi connectivity index (χ0) is 11.1. The van der Waals surface area contributed by atoms with Crippen molar-refractivity contribution in [2.45, 2.75) is 25.9 Å². The van der Waals surface area contributed by atoms with Crippen LogP contribution in [0, 0.1) is 0 Å². The van der Waals surface area contributed by atoms with E-state index in [-0.39, 0.29) is 6.04 Å². The van der Waals surface area contributed by atoms with Gasteiger partial charge in [0.1, 0.15) is 0 Å². The topological polar surface area (TPSA) is 32.4 Å². The van der Waals surface area contributed by atoms with E-state index in [2.05, 4.69) is 0 Å². The molecule has 0 amide bonds. The van der Waals surface area contributed by atoms with E-state index in [1.165, 1.54) is 0 Å². The molecule has 3 heteroatoms. The highest BCUT2D eigenvalue weighted by molar-refractivity contribution is 5.14. The van der Waals surface area contributed by atoms with E-state index < -0.39 is 0 Å². The lowest BCUT2D eigenvalue weighted by molar-refractivity contribution is -0.204. The predicted octanol–water partition coefficient (Wildman–Crippen LogP) is 2.26. The monoisotopic (exact) mass is 208 g/mol. The van der Waals surface area contributed by atoms with Crippen molar-refractivity contribution in [1.82, 2.24) is 5.06 Å². The zero-order valence-electron chi connectivity index (χ0n) is 9.35. The van der Waals surface area contributed by atoms with Gasteiger partial charge in [-0.1, -0.05) is 37.3 Å². The highest BCUT2D eigenvalue weighted by Gasteiger charge is 2.15. The molecule has 0 aromatic heterocycles. The van der Waals surface area contributed by atoms with Crippen molar-refractivity contribution < 1.29 is 9.94 Å². The number of hydroxylamine groups is 2. The summed E-state index contributed by atoms with van der Waals surface area (Å²) in [5, 5.41) is 12.9. The molecular weight excluding hydrogens is 190 g/mol. The first kappa shape index (κ1) is 12.2. The van der Waals surface area contributed by atoms with Gasteiger partial charge < -0.3 is 4.74 Å². The average Bonchev–Trinajstić information content (AvgIpc) is 2.27. The number of ether oxygens (including phenoxy) is 1. The van der Waals surface area contributed by atoms with Crippen molar-refractivity contribution in [3.05, 3.63) is 35.9 Å². The second-order valence-corrected chi connectivity index (χ2v) is 3.58. The minimum Gasteiger partial charge on any atom is -0.383 e. The van der Waals surface area contributed by atoms with Crippen molar-refractivity contribution in [3.8, 4) is 0 Å². The van der Waals surface area contributed by atoms with Crippen LogP contribution in [0.2, 0.25) is 0 Å². The van der Waals surface area contributed by atoms with Crippen LogP contribution in [0.1, 0.15) is 18.9 Å². The molecule has 1 atom stereocenters. The van der Waals surface area contributed by atoms with Gasteiger partial charge in [-0.25, -0.2) is 0 Å². The van der Waals surface area contributed by atoms with Crippen molar-refractivity contribution in [3.63, 3.8) is 0 Å². The average molecular weight is 208 g/mol. The summed E-state index contributed by atoms with van der Waals surface area (Å²) in [7, 11) is 1.62. The highest BCUT2D eigenvalue weighted by atomic mass is 16.5. The molecule has 0 N–H and O–H groups in total. The van der Waals surface area contributed by atoms with Crippen LogP contribution in [0.5, 0.6) is 0 Å². The van der Waals surface area contributed by atoms with Crippen LogP contribution in [0.15, 0.2) is 30.3 Å². The Morgan fingerprint density at radius 2 is 2.00 bits per heavy atom. The first-order chi connectivity index (χ1) is 7.27. The summed E-state index contributed by atoms with van der Waals surface area (Å²) in [6, 6.07) is 9.72. The number of rotatable bonds is 6.